The molecule has 4 nitrogen and oxygen atoms in total. The Morgan fingerprint density at radius 3 is 2.39 bits per heavy atom. The average Bonchev–Trinajstić information content (AvgIpc) is 2.31. The van der Waals surface area contributed by atoms with Crippen molar-refractivity contribution in [3.05, 3.63) is 35.4 Å². The third kappa shape index (κ3) is 3.82. The van der Waals surface area contributed by atoms with Gasteiger partial charge in [0.05, 0.1) is 6.54 Å². The van der Waals surface area contributed by atoms with E-state index in [0.717, 1.165) is 5.56 Å². The van der Waals surface area contributed by atoms with Crippen molar-refractivity contribution in [1.29, 1.82) is 0 Å². The summed E-state index contributed by atoms with van der Waals surface area (Å²) in [7, 11) is 3.56. The van der Waals surface area contributed by atoms with E-state index in [-0.39, 0.29) is 18.0 Å². The Balaban J connectivity index is 2.88. The molecule has 0 bridgehead atoms. The van der Waals surface area contributed by atoms with Crippen LogP contribution in [0.15, 0.2) is 24.3 Å². The van der Waals surface area contributed by atoms with Gasteiger partial charge in [0, 0.05) is 19.1 Å². The zero-order chi connectivity index (χ0) is 13.7. The van der Waals surface area contributed by atoms with E-state index in [2.05, 4.69) is 36.5 Å². The highest BCUT2D eigenvalue weighted by atomic mass is 16.1. The van der Waals surface area contributed by atoms with Gasteiger partial charge < -0.3 is 11.1 Å². The van der Waals surface area contributed by atoms with E-state index in [4.69, 9.17) is 5.73 Å². The Kier molecular flexibility index (Phi) is 5.31. The minimum atomic E-state index is -0.0395. The number of rotatable bonds is 5. The average molecular weight is 249 g/mol. The van der Waals surface area contributed by atoms with Gasteiger partial charge in [0.25, 0.3) is 0 Å². The van der Waals surface area contributed by atoms with Crippen LogP contribution in [-0.2, 0) is 4.79 Å². The highest BCUT2D eigenvalue weighted by Gasteiger charge is 2.22. The Hall–Kier alpha value is -1.39. The second-order valence-corrected chi connectivity index (χ2v) is 4.80. The molecule has 0 aliphatic carbocycles. The summed E-state index contributed by atoms with van der Waals surface area (Å²) in [4.78, 5) is 13.4. The Bertz CT molecular complexity index is 387. The number of nitrogens with two attached hydrogens (primary N) is 1. The van der Waals surface area contributed by atoms with Gasteiger partial charge in [0.15, 0.2) is 0 Å². The molecule has 0 heterocycles. The first kappa shape index (κ1) is 14.7. The maximum absolute atomic E-state index is 11.4. The number of carbonyl (C=O) groups is 1. The van der Waals surface area contributed by atoms with Crippen LogP contribution in [0.1, 0.15) is 24.1 Å². The van der Waals surface area contributed by atoms with Gasteiger partial charge in [-0.2, -0.15) is 0 Å². The van der Waals surface area contributed by atoms with Crippen molar-refractivity contribution in [2.75, 3.05) is 20.6 Å². The van der Waals surface area contributed by atoms with Crippen molar-refractivity contribution in [1.82, 2.24) is 10.2 Å². The Morgan fingerprint density at radius 2 is 1.94 bits per heavy atom. The van der Waals surface area contributed by atoms with Crippen LogP contribution in [0.2, 0.25) is 0 Å². The minimum absolute atomic E-state index is 0.00439. The largest absolute Gasteiger partial charge is 0.358 e. The first-order chi connectivity index (χ1) is 8.45. The zero-order valence-corrected chi connectivity index (χ0v) is 11.6. The molecule has 0 aliphatic rings. The molecule has 0 aromatic heterocycles. The zero-order valence-electron chi connectivity index (χ0n) is 11.6. The van der Waals surface area contributed by atoms with E-state index in [0.29, 0.717) is 6.54 Å². The second kappa shape index (κ2) is 6.52. The van der Waals surface area contributed by atoms with E-state index < -0.39 is 0 Å². The van der Waals surface area contributed by atoms with Gasteiger partial charge in [-0.05, 0) is 26.5 Å². The predicted molar refractivity (Wildman–Crippen MR) is 74.3 cm³/mol. The SMILES string of the molecule is CNC(=O)CN(C)C(c1ccc(C)cc1)C(C)N. The van der Waals surface area contributed by atoms with E-state index in [1.807, 2.05) is 18.9 Å². The van der Waals surface area contributed by atoms with Crippen molar-refractivity contribution in [3.63, 3.8) is 0 Å². The molecular formula is C14H23N3O. The topological polar surface area (TPSA) is 58.4 Å². The van der Waals surface area contributed by atoms with Crippen molar-refractivity contribution in [3.8, 4) is 0 Å². The fourth-order valence-electron chi connectivity index (χ4n) is 2.13. The molecule has 3 N–H and O–H groups in total. The highest BCUT2D eigenvalue weighted by molar-refractivity contribution is 5.77. The molecule has 1 aromatic carbocycles. The molecule has 4 heteroatoms. The van der Waals surface area contributed by atoms with Gasteiger partial charge in [0.2, 0.25) is 5.91 Å². The van der Waals surface area contributed by atoms with Crippen LogP contribution in [-0.4, -0.2) is 37.5 Å². The third-order valence-electron chi connectivity index (χ3n) is 3.06. The lowest BCUT2D eigenvalue weighted by molar-refractivity contribution is -0.122. The molecule has 2 atom stereocenters. The van der Waals surface area contributed by atoms with Gasteiger partial charge in [-0.25, -0.2) is 0 Å². The van der Waals surface area contributed by atoms with Crippen LogP contribution >= 0.6 is 0 Å². The van der Waals surface area contributed by atoms with Crippen LogP contribution in [0.25, 0.3) is 0 Å². The molecule has 0 saturated carbocycles. The van der Waals surface area contributed by atoms with Crippen LogP contribution in [0.5, 0.6) is 0 Å². The number of hydrogen-bond acceptors (Lipinski definition) is 3. The lowest BCUT2D eigenvalue weighted by Crippen LogP contribution is -2.42. The minimum Gasteiger partial charge on any atom is -0.358 e. The molecule has 18 heavy (non-hydrogen) atoms. The van der Waals surface area contributed by atoms with Gasteiger partial charge in [-0.15, -0.1) is 0 Å². The molecule has 0 spiro atoms. The molecule has 1 aromatic rings. The van der Waals surface area contributed by atoms with Gasteiger partial charge in [0.1, 0.15) is 0 Å². The van der Waals surface area contributed by atoms with Crippen LogP contribution in [0.3, 0.4) is 0 Å². The Morgan fingerprint density at radius 1 is 1.39 bits per heavy atom. The summed E-state index contributed by atoms with van der Waals surface area (Å²) in [6.45, 7) is 4.36. The molecule has 0 saturated heterocycles. The summed E-state index contributed by atoms with van der Waals surface area (Å²) >= 11 is 0. The summed E-state index contributed by atoms with van der Waals surface area (Å²) in [5, 5.41) is 2.63. The van der Waals surface area contributed by atoms with E-state index in [9.17, 15) is 4.79 Å². The first-order valence-corrected chi connectivity index (χ1v) is 6.18. The lowest BCUT2D eigenvalue weighted by atomic mass is 9.98. The van der Waals surface area contributed by atoms with Crippen molar-refractivity contribution < 1.29 is 4.79 Å². The fourth-order valence-corrected chi connectivity index (χ4v) is 2.13. The smallest absolute Gasteiger partial charge is 0.233 e. The molecule has 0 aliphatic heterocycles. The summed E-state index contributed by atoms with van der Waals surface area (Å²) in [6, 6.07) is 8.29. The van der Waals surface area contributed by atoms with E-state index >= 15 is 0 Å². The van der Waals surface area contributed by atoms with Gasteiger partial charge >= 0.3 is 0 Å². The third-order valence-corrected chi connectivity index (χ3v) is 3.06. The molecule has 0 radical (unpaired) electrons. The summed E-state index contributed by atoms with van der Waals surface area (Å²) in [5.41, 5.74) is 8.41. The fraction of sp³-hybridized carbons (Fsp3) is 0.500. The summed E-state index contributed by atoms with van der Waals surface area (Å²) in [6.07, 6.45) is 0. The number of nitrogens with one attached hydrogen (secondary N) is 1. The number of nitrogens with zero attached hydrogens (tertiary/aromatic N) is 1. The number of carbonyl (C=O) groups excluding carboxylic acids is 1. The second-order valence-electron chi connectivity index (χ2n) is 4.80. The highest BCUT2D eigenvalue weighted by Crippen LogP contribution is 2.22. The quantitative estimate of drug-likeness (QED) is 0.820. The number of aryl methyl sites for hydroxylation is 1. The van der Waals surface area contributed by atoms with E-state index in [1.54, 1.807) is 7.05 Å². The van der Waals surface area contributed by atoms with Crippen molar-refractivity contribution >= 4 is 5.91 Å². The van der Waals surface area contributed by atoms with Crippen molar-refractivity contribution in [2.24, 2.45) is 5.73 Å². The number of hydrogen-bond donors (Lipinski definition) is 2. The molecule has 0 fully saturated rings. The summed E-state index contributed by atoms with van der Waals surface area (Å²) in [5.74, 6) is -0.00439. The van der Waals surface area contributed by atoms with Gasteiger partial charge in [-0.3, -0.25) is 9.69 Å². The predicted octanol–water partition coefficient (Wildman–Crippen LogP) is 1.06. The van der Waals surface area contributed by atoms with Crippen LogP contribution in [0, 0.1) is 6.92 Å². The normalized spacial score (nSPS) is 14.3. The molecular weight excluding hydrogens is 226 g/mol. The Labute approximate surface area is 109 Å². The molecule has 2 unspecified atom stereocenters. The van der Waals surface area contributed by atoms with E-state index in [1.165, 1.54) is 5.56 Å². The maximum Gasteiger partial charge on any atom is 0.233 e. The van der Waals surface area contributed by atoms with Crippen LogP contribution < -0.4 is 11.1 Å². The standard InChI is InChI=1S/C14H23N3O/c1-10-5-7-12(8-6-10)14(11(2)15)17(4)9-13(18)16-3/h5-8,11,14H,9,15H2,1-4H3,(H,16,18). The molecule has 1 amide bonds. The maximum atomic E-state index is 11.4. The number of likely N-dealkylation sites (N-methyl/N-ethyl adjacent to an activating group) is 2. The van der Waals surface area contributed by atoms with Crippen LogP contribution in [0.4, 0.5) is 0 Å². The molecule has 1 rings (SSSR count). The van der Waals surface area contributed by atoms with Crippen molar-refractivity contribution in [2.45, 2.75) is 25.9 Å². The molecule has 100 valence electrons. The van der Waals surface area contributed by atoms with Gasteiger partial charge in [-0.1, -0.05) is 29.8 Å². The monoisotopic (exact) mass is 249 g/mol. The lowest BCUT2D eigenvalue weighted by Gasteiger charge is -2.31. The number of benzene rings is 1. The number of amides is 1. The summed E-state index contributed by atoms with van der Waals surface area (Å²) < 4.78 is 0. The first-order valence-electron chi connectivity index (χ1n) is 6.18.